The normalized spacial score (nSPS) is 17.0. The summed E-state index contributed by atoms with van der Waals surface area (Å²) in [5, 5.41) is 19.6. The third-order valence-electron chi connectivity index (χ3n) is 3.38. The van der Waals surface area contributed by atoms with Crippen LogP contribution in [-0.4, -0.2) is 29.3 Å². The third-order valence-corrected chi connectivity index (χ3v) is 3.98. The van der Waals surface area contributed by atoms with Crippen molar-refractivity contribution in [3.63, 3.8) is 0 Å². The minimum absolute atomic E-state index is 0.115. The number of hydrogen-bond acceptors (Lipinski definition) is 4. The van der Waals surface area contributed by atoms with Crippen LogP contribution in [0.2, 0.25) is 0 Å². The molecule has 0 unspecified atom stereocenters. The third kappa shape index (κ3) is 3.52. The molecule has 0 atom stereocenters. The van der Waals surface area contributed by atoms with E-state index in [4.69, 9.17) is 4.74 Å². The second-order valence-corrected chi connectivity index (χ2v) is 5.73. The highest BCUT2D eigenvalue weighted by molar-refractivity contribution is 9.10. The fraction of sp³-hybridized carbons (Fsp3) is 0.267. The molecule has 4 nitrogen and oxygen atoms in total. The highest BCUT2D eigenvalue weighted by Gasteiger charge is 2.43. The number of phenols is 1. The van der Waals surface area contributed by atoms with Gasteiger partial charge in [-0.25, -0.2) is 0 Å². The van der Waals surface area contributed by atoms with E-state index >= 15 is 0 Å². The van der Waals surface area contributed by atoms with Crippen LogP contribution in [0.5, 0.6) is 11.5 Å². The molecule has 0 heterocycles. The van der Waals surface area contributed by atoms with Crippen LogP contribution < -0.4 is 4.74 Å². The van der Waals surface area contributed by atoms with Crippen molar-refractivity contribution in [2.75, 3.05) is 7.11 Å². The lowest BCUT2D eigenvalue weighted by atomic mass is 10.1. The average molecular weight is 393 g/mol. The Labute approximate surface area is 138 Å². The molecule has 1 aliphatic rings. The van der Waals surface area contributed by atoms with E-state index in [0.29, 0.717) is 10.0 Å². The first-order valence-corrected chi connectivity index (χ1v) is 7.25. The SMILES string of the molecule is COc1cc(/C=C2\CCC(C(=O)C(F)(F)F)=C2O)cc(Br)c1O. The van der Waals surface area contributed by atoms with E-state index in [1.54, 1.807) is 0 Å². The molecule has 1 aromatic carbocycles. The van der Waals surface area contributed by atoms with Gasteiger partial charge in [-0.1, -0.05) is 0 Å². The van der Waals surface area contributed by atoms with Crippen LogP contribution in [0, 0.1) is 0 Å². The number of carbonyl (C=O) groups is 1. The molecule has 0 saturated carbocycles. The van der Waals surface area contributed by atoms with Crippen molar-refractivity contribution in [3.05, 3.63) is 39.1 Å². The Morgan fingerprint density at radius 1 is 1.30 bits per heavy atom. The van der Waals surface area contributed by atoms with Gasteiger partial charge in [-0.15, -0.1) is 0 Å². The van der Waals surface area contributed by atoms with Gasteiger partial charge in [-0.2, -0.15) is 13.2 Å². The fourth-order valence-corrected chi connectivity index (χ4v) is 2.72. The molecule has 8 heteroatoms. The fourth-order valence-electron chi connectivity index (χ4n) is 2.26. The molecule has 0 bridgehead atoms. The predicted molar refractivity (Wildman–Crippen MR) is 80.3 cm³/mol. The quantitative estimate of drug-likeness (QED) is 0.805. The van der Waals surface area contributed by atoms with E-state index < -0.39 is 23.3 Å². The van der Waals surface area contributed by atoms with E-state index in [1.165, 1.54) is 25.3 Å². The number of allylic oxidation sites excluding steroid dienone is 2. The number of methoxy groups -OCH3 is 1. The monoisotopic (exact) mass is 392 g/mol. The van der Waals surface area contributed by atoms with Crippen molar-refractivity contribution in [1.82, 2.24) is 0 Å². The standard InChI is InChI=1S/C15H12BrF3O4/c1-23-11-6-7(5-10(16)13(11)21)4-8-2-3-9(12(8)20)14(22)15(17,18)19/h4-6,20-21H,2-3H2,1H3/b8-4+. The molecule has 0 amide bonds. The molecule has 2 N–H and O–H groups in total. The van der Waals surface area contributed by atoms with E-state index in [-0.39, 0.29) is 29.9 Å². The van der Waals surface area contributed by atoms with Crippen LogP contribution >= 0.6 is 15.9 Å². The van der Waals surface area contributed by atoms with Crippen molar-refractivity contribution >= 4 is 27.8 Å². The molecule has 1 aliphatic carbocycles. The summed E-state index contributed by atoms with van der Waals surface area (Å²) in [5.41, 5.74) is 0.0829. The summed E-state index contributed by atoms with van der Waals surface area (Å²) in [6.07, 6.45) is -3.63. The lowest BCUT2D eigenvalue weighted by Gasteiger charge is -2.08. The Morgan fingerprint density at radius 3 is 2.52 bits per heavy atom. The molecule has 2 rings (SSSR count). The van der Waals surface area contributed by atoms with Crippen LogP contribution in [0.1, 0.15) is 18.4 Å². The highest BCUT2D eigenvalue weighted by Crippen LogP contribution is 2.38. The first kappa shape index (κ1) is 17.4. The smallest absolute Gasteiger partial charge is 0.454 e. The molecule has 23 heavy (non-hydrogen) atoms. The molecule has 0 aliphatic heterocycles. The zero-order chi connectivity index (χ0) is 17.4. The number of aromatic hydroxyl groups is 1. The first-order valence-electron chi connectivity index (χ1n) is 6.46. The van der Waals surface area contributed by atoms with E-state index in [2.05, 4.69) is 15.9 Å². The van der Waals surface area contributed by atoms with Gasteiger partial charge in [0.2, 0.25) is 0 Å². The van der Waals surface area contributed by atoms with Gasteiger partial charge in [-0.3, -0.25) is 4.79 Å². The molecule has 0 saturated heterocycles. The molecule has 0 spiro atoms. The second kappa shape index (κ2) is 6.27. The molecule has 1 aromatic rings. The van der Waals surface area contributed by atoms with Crippen molar-refractivity contribution in [1.29, 1.82) is 0 Å². The van der Waals surface area contributed by atoms with Crippen LogP contribution in [0.25, 0.3) is 6.08 Å². The Bertz CT molecular complexity index is 720. The number of carbonyl (C=O) groups excluding carboxylic acids is 1. The number of alkyl halides is 3. The molecular weight excluding hydrogens is 381 g/mol. The molecule has 124 valence electrons. The van der Waals surface area contributed by atoms with Gasteiger partial charge in [0.15, 0.2) is 11.5 Å². The maximum atomic E-state index is 12.5. The van der Waals surface area contributed by atoms with Gasteiger partial charge < -0.3 is 14.9 Å². The van der Waals surface area contributed by atoms with Gasteiger partial charge in [0.05, 0.1) is 11.6 Å². The maximum Gasteiger partial charge on any atom is 0.454 e. The number of halogens is 4. The lowest BCUT2D eigenvalue weighted by molar-refractivity contribution is -0.166. The van der Waals surface area contributed by atoms with E-state index in [9.17, 15) is 28.2 Å². The highest BCUT2D eigenvalue weighted by atomic mass is 79.9. The number of rotatable bonds is 3. The molecular formula is C15H12BrF3O4. The largest absolute Gasteiger partial charge is 0.507 e. The Kier molecular flexibility index (Phi) is 4.74. The van der Waals surface area contributed by atoms with Gasteiger partial charge in [-0.05, 0) is 58.1 Å². The summed E-state index contributed by atoms with van der Waals surface area (Å²) in [6.45, 7) is 0. The first-order chi connectivity index (χ1) is 10.6. The van der Waals surface area contributed by atoms with E-state index in [0.717, 1.165) is 0 Å². The number of aliphatic hydroxyl groups excluding tert-OH is 1. The van der Waals surface area contributed by atoms with Crippen LogP contribution in [-0.2, 0) is 4.79 Å². The Morgan fingerprint density at radius 2 is 1.96 bits per heavy atom. The average Bonchev–Trinajstić information content (AvgIpc) is 2.82. The summed E-state index contributed by atoms with van der Waals surface area (Å²) in [6, 6.07) is 2.98. The van der Waals surface area contributed by atoms with E-state index in [1.807, 2.05) is 0 Å². The number of ketones is 1. The number of hydrogen-bond donors (Lipinski definition) is 2. The van der Waals surface area contributed by atoms with Crippen LogP contribution in [0.3, 0.4) is 0 Å². The molecule has 0 radical (unpaired) electrons. The Hall–Kier alpha value is -1.96. The zero-order valence-electron chi connectivity index (χ0n) is 11.9. The molecule has 0 fully saturated rings. The number of benzene rings is 1. The zero-order valence-corrected chi connectivity index (χ0v) is 13.5. The summed E-state index contributed by atoms with van der Waals surface area (Å²) in [5.74, 6) is -2.62. The van der Waals surface area contributed by atoms with Crippen molar-refractivity contribution < 1.29 is 32.9 Å². The second-order valence-electron chi connectivity index (χ2n) is 4.88. The van der Waals surface area contributed by atoms with Crippen LogP contribution in [0.15, 0.2) is 33.5 Å². The summed E-state index contributed by atoms with van der Waals surface area (Å²) < 4.78 is 42.7. The maximum absolute atomic E-state index is 12.5. The van der Waals surface area contributed by atoms with Gasteiger partial charge in [0.25, 0.3) is 5.78 Å². The minimum Gasteiger partial charge on any atom is -0.507 e. The van der Waals surface area contributed by atoms with Gasteiger partial charge in [0, 0.05) is 5.57 Å². The van der Waals surface area contributed by atoms with Gasteiger partial charge in [0.1, 0.15) is 5.76 Å². The summed E-state index contributed by atoms with van der Waals surface area (Å²) in [4.78, 5) is 11.2. The van der Waals surface area contributed by atoms with Crippen molar-refractivity contribution in [2.24, 2.45) is 0 Å². The number of ether oxygens (including phenoxy) is 1. The van der Waals surface area contributed by atoms with Gasteiger partial charge >= 0.3 is 6.18 Å². The lowest BCUT2D eigenvalue weighted by Crippen LogP contribution is -2.24. The van der Waals surface area contributed by atoms with Crippen LogP contribution in [0.4, 0.5) is 13.2 Å². The summed E-state index contributed by atoms with van der Waals surface area (Å²) in [7, 11) is 1.35. The topological polar surface area (TPSA) is 66.8 Å². The molecule has 0 aromatic heterocycles. The number of Topliss-reactive ketones (excluding diaryl/α,β-unsaturated/α-hetero) is 1. The minimum atomic E-state index is -5.01. The summed E-state index contributed by atoms with van der Waals surface area (Å²) >= 11 is 3.13. The van der Waals surface area contributed by atoms with Crippen molar-refractivity contribution in [2.45, 2.75) is 19.0 Å². The predicted octanol–water partition coefficient (Wildman–Crippen LogP) is 4.28. The number of aliphatic hydroxyl groups is 1. The Balaban J connectivity index is 2.41. The number of phenolic OH excluding ortho intramolecular Hbond substituents is 1. The van der Waals surface area contributed by atoms with Crippen molar-refractivity contribution in [3.8, 4) is 11.5 Å².